The summed E-state index contributed by atoms with van der Waals surface area (Å²) in [4.78, 5) is 16.8. The highest BCUT2D eigenvalue weighted by molar-refractivity contribution is 9.10. The molecule has 1 amide bonds. The monoisotopic (exact) mass is 410 g/mol. The van der Waals surface area contributed by atoms with Gasteiger partial charge < -0.3 is 31.8 Å². The lowest BCUT2D eigenvalue weighted by molar-refractivity contribution is 0.0948. The second-order valence-corrected chi connectivity index (χ2v) is 6.61. The molecule has 9 heteroatoms. The summed E-state index contributed by atoms with van der Waals surface area (Å²) in [5.74, 6) is 0.499. The molecule has 2 aromatic rings. The van der Waals surface area contributed by atoms with Gasteiger partial charge in [0.05, 0.1) is 11.0 Å². The summed E-state index contributed by atoms with van der Waals surface area (Å²) in [7, 11) is 0. The predicted molar refractivity (Wildman–Crippen MR) is 102 cm³/mol. The quantitative estimate of drug-likeness (QED) is 0.469. The lowest BCUT2D eigenvalue weighted by Crippen LogP contribution is -2.29. The summed E-state index contributed by atoms with van der Waals surface area (Å²) < 4.78 is 2.20. The van der Waals surface area contributed by atoms with E-state index in [1.807, 2.05) is 13.8 Å². The maximum absolute atomic E-state index is 12.5. The first kappa shape index (κ1) is 19.1. The number of amides is 1. The van der Waals surface area contributed by atoms with E-state index in [2.05, 4.69) is 31.5 Å². The number of carbonyl (C=O) groups is 1. The molecule has 7 N–H and O–H groups in total. The van der Waals surface area contributed by atoms with Gasteiger partial charge in [-0.3, -0.25) is 4.79 Å². The number of carbonyl (C=O) groups excluding carboxylic acids is 1. The second kappa shape index (κ2) is 8.21. The first-order valence-corrected chi connectivity index (χ1v) is 8.73. The Labute approximate surface area is 154 Å². The van der Waals surface area contributed by atoms with E-state index in [4.69, 9.17) is 11.5 Å². The van der Waals surface area contributed by atoms with Crippen LogP contribution in [0.25, 0.3) is 0 Å². The lowest BCUT2D eigenvalue weighted by atomic mass is 10.2. The first-order valence-electron chi connectivity index (χ1n) is 7.94. The van der Waals surface area contributed by atoms with Crippen molar-refractivity contribution in [2.24, 2.45) is 5.73 Å². The Morgan fingerprint density at radius 2 is 2.20 bits per heavy atom. The van der Waals surface area contributed by atoms with Crippen LogP contribution >= 0.6 is 15.9 Å². The Hall–Kier alpha value is -2.26. The van der Waals surface area contributed by atoms with Crippen LogP contribution in [0.15, 0.2) is 22.7 Å². The molecule has 1 atom stereocenters. The summed E-state index contributed by atoms with van der Waals surface area (Å²) in [6, 6.07) is 5.01. The van der Waals surface area contributed by atoms with Gasteiger partial charge >= 0.3 is 0 Å². The summed E-state index contributed by atoms with van der Waals surface area (Å²) in [6.07, 6.45) is 0. The molecule has 0 radical (unpaired) electrons. The van der Waals surface area contributed by atoms with Gasteiger partial charge in [-0.2, -0.15) is 4.98 Å². The van der Waals surface area contributed by atoms with Gasteiger partial charge in [0.15, 0.2) is 11.5 Å². The van der Waals surface area contributed by atoms with E-state index in [0.29, 0.717) is 35.6 Å². The topological polar surface area (TPSA) is 131 Å². The Morgan fingerprint density at radius 3 is 2.80 bits per heavy atom. The van der Waals surface area contributed by atoms with E-state index in [-0.39, 0.29) is 23.6 Å². The van der Waals surface area contributed by atoms with E-state index < -0.39 is 0 Å². The molecule has 1 heterocycles. The Morgan fingerprint density at radius 1 is 1.48 bits per heavy atom. The van der Waals surface area contributed by atoms with Crippen molar-refractivity contribution in [1.82, 2.24) is 14.9 Å². The number of halogens is 1. The van der Waals surface area contributed by atoms with Gasteiger partial charge in [0.2, 0.25) is 5.95 Å². The molecule has 0 saturated heterocycles. The van der Waals surface area contributed by atoms with Gasteiger partial charge in [0.25, 0.3) is 5.91 Å². The van der Waals surface area contributed by atoms with Gasteiger partial charge in [-0.15, -0.1) is 0 Å². The molecule has 0 aliphatic heterocycles. The number of nitrogen functional groups attached to an aromatic ring is 1. The zero-order valence-corrected chi connectivity index (χ0v) is 15.8. The number of rotatable bonds is 7. The minimum atomic E-state index is -0.267. The van der Waals surface area contributed by atoms with Crippen LogP contribution in [0.2, 0.25) is 0 Å². The lowest BCUT2D eigenvalue weighted by Gasteiger charge is -2.13. The van der Waals surface area contributed by atoms with Gasteiger partial charge in [0, 0.05) is 19.1 Å². The van der Waals surface area contributed by atoms with E-state index >= 15 is 0 Å². The van der Waals surface area contributed by atoms with Gasteiger partial charge in [-0.05, 0) is 47.5 Å². The standard InChI is InChI=1S/C16H23BrN6O2/c1-3-20-15(25)13-14(21-7-9(2)18)22-16(19)23(13)8-10-4-5-12(24)11(17)6-10/h4-6,9,21,24H,3,7-8,18H2,1-2H3,(H2,19,22)(H,20,25)/t9-/m1/s1. The van der Waals surface area contributed by atoms with E-state index in [1.54, 1.807) is 22.8 Å². The molecule has 0 aliphatic carbocycles. The van der Waals surface area contributed by atoms with Crippen LogP contribution in [0.1, 0.15) is 29.9 Å². The maximum Gasteiger partial charge on any atom is 0.271 e. The Kier molecular flexibility index (Phi) is 6.27. The molecular weight excluding hydrogens is 388 g/mol. The molecule has 0 bridgehead atoms. The van der Waals surface area contributed by atoms with Crippen molar-refractivity contribution in [1.29, 1.82) is 0 Å². The zero-order chi connectivity index (χ0) is 18.6. The average Bonchev–Trinajstić information content (AvgIpc) is 2.85. The van der Waals surface area contributed by atoms with Gasteiger partial charge in [-0.1, -0.05) is 6.07 Å². The van der Waals surface area contributed by atoms with E-state index in [0.717, 1.165) is 5.56 Å². The van der Waals surface area contributed by atoms with Crippen LogP contribution in [-0.2, 0) is 6.54 Å². The van der Waals surface area contributed by atoms with Crippen molar-refractivity contribution in [3.8, 4) is 5.75 Å². The van der Waals surface area contributed by atoms with E-state index in [9.17, 15) is 9.90 Å². The van der Waals surface area contributed by atoms with Crippen LogP contribution in [0.5, 0.6) is 5.75 Å². The number of hydrogen-bond acceptors (Lipinski definition) is 6. The predicted octanol–water partition coefficient (Wildman–Crippen LogP) is 1.49. The van der Waals surface area contributed by atoms with Crippen molar-refractivity contribution >= 4 is 33.6 Å². The fourth-order valence-corrected chi connectivity index (χ4v) is 2.74. The fourth-order valence-electron chi connectivity index (χ4n) is 2.32. The number of imidazole rings is 1. The van der Waals surface area contributed by atoms with E-state index in [1.165, 1.54) is 0 Å². The molecule has 136 valence electrons. The second-order valence-electron chi connectivity index (χ2n) is 5.76. The number of anilines is 2. The summed E-state index contributed by atoms with van der Waals surface area (Å²) in [5.41, 5.74) is 13.0. The third kappa shape index (κ3) is 4.64. The molecule has 1 aromatic heterocycles. The minimum absolute atomic E-state index is 0.0958. The number of phenols is 1. The molecule has 8 nitrogen and oxygen atoms in total. The molecule has 0 spiro atoms. The zero-order valence-electron chi connectivity index (χ0n) is 14.2. The van der Waals surface area contributed by atoms with Crippen LogP contribution in [0, 0.1) is 0 Å². The highest BCUT2D eigenvalue weighted by Crippen LogP contribution is 2.26. The smallest absolute Gasteiger partial charge is 0.271 e. The van der Waals surface area contributed by atoms with Crippen molar-refractivity contribution in [2.45, 2.75) is 26.4 Å². The number of nitrogens with two attached hydrogens (primary N) is 2. The van der Waals surface area contributed by atoms with Gasteiger partial charge in [-0.25, -0.2) is 0 Å². The van der Waals surface area contributed by atoms with Crippen LogP contribution < -0.4 is 22.1 Å². The first-order chi connectivity index (χ1) is 11.8. The van der Waals surface area contributed by atoms with Gasteiger partial charge in [0.1, 0.15) is 5.75 Å². The van der Waals surface area contributed by atoms with Crippen molar-refractivity contribution in [3.05, 3.63) is 33.9 Å². The molecule has 0 unspecified atom stereocenters. The number of aromatic nitrogens is 2. The number of nitrogens with zero attached hydrogens (tertiary/aromatic N) is 2. The molecule has 25 heavy (non-hydrogen) atoms. The molecule has 2 rings (SSSR count). The Balaban J connectivity index is 2.40. The van der Waals surface area contributed by atoms with Crippen molar-refractivity contribution < 1.29 is 9.90 Å². The van der Waals surface area contributed by atoms with Crippen molar-refractivity contribution in [2.75, 3.05) is 24.1 Å². The number of hydrogen-bond donors (Lipinski definition) is 5. The summed E-state index contributed by atoms with van der Waals surface area (Å²) in [5, 5.41) is 15.5. The number of nitrogens with one attached hydrogen (secondary N) is 2. The molecular formula is C16H23BrN6O2. The van der Waals surface area contributed by atoms with Crippen LogP contribution in [0.3, 0.4) is 0 Å². The largest absolute Gasteiger partial charge is 0.507 e. The normalized spacial score (nSPS) is 12.0. The van der Waals surface area contributed by atoms with Crippen LogP contribution in [-0.4, -0.2) is 39.7 Å². The molecule has 1 aromatic carbocycles. The number of aromatic hydroxyl groups is 1. The number of phenolic OH excluding ortho intramolecular Hbond substituents is 1. The highest BCUT2D eigenvalue weighted by Gasteiger charge is 2.22. The minimum Gasteiger partial charge on any atom is -0.507 e. The molecule has 0 saturated carbocycles. The fraction of sp³-hybridized carbons (Fsp3) is 0.375. The third-order valence-electron chi connectivity index (χ3n) is 3.49. The maximum atomic E-state index is 12.5. The Bertz CT molecular complexity index is 759. The molecule has 0 fully saturated rings. The van der Waals surface area contributed by atoms with Crippen molar-refractivity contribution in [3.63, 3.8) is 0 Å². The van der Waals surface area contributed by atoms with Crippen LogP contribution in [0.4, 0.5) is 11.8 Å². The summed E-state index contributed by atoms with van der Waals surface area (Å²) in [6.45, 7) is 4.99. The average molecular weight is 411 g/mol. The molecule has 0 aliphatic rings. The summed E-state index contributed by atoms with van der Waals surface area (Å²) >= 11 is 3.28. The highest BCUT2D eigenvalue weighted by atomic mass is 79.9. The number of benzene rings is 1. The third-order valence-corrected chi connectivity index (χ3v) is 4.13. The SMILES string of the molecule is CCNC(=O)c1c(NC[C@@H](C)N)nc(N)n1Cc1ccc(O)c(Br)c1.